The van der Waals surface area contributed by atoms with Gasteiger partial charge >= 0.3 is 0 Å². The molecule has 0 bridgehead atoms. The number of thioether (sulfide) groups is 1. The maximum atomic E-state index is 12.5. The minimum atomic E-state index is -0.416. The molecule has 0 aromatic heterocycles. The van der Waals surface area contributed by atoms with Crippen LogP contribution < -0.4 is 10.1 Å². The molecule has 9 heteroatoms. The van der Waals surface area contributed by atoms with Crippen LogP contribution in [-0.4, -0.2) is 41.6 Å². The van der Waals surface area contributed by atoms with Crippen molar-refractivity contribution in [2.75, 3.05) is 19.7 Å². The number of hydrogen-bond acceptors (Lipinski definition) is 5. The summed E-state index contributed by atoms with van der Waals surface area (Å²) in [5.74, 6) is -0.172. The number of nitrogens with zero attached hydrogens (tertiary/aromatic N) is 1. The summed E-state index contributed by atoms with van der Waals surface area (Å²) in [6.45, 7) is 0.0542. The number of para-hydroxylation sites is 1. The van der Waals surface area contributed by atoms with Crippen LogP contribution in [0.15, 0.2) is 53.4 Å². The number of halogens is 2. The third kappa shape index (κ3) is 5.76. The molecule has 150 valence electrons. The highest BCUT2D eigenvalue weighted by Gasteiger charge is 2.34. The van der Waals surface area contributed by atoms with Gasteiger partial charge in [0.25, 0.3) is 17.1 Å². The van der Waals surface area contributed by atoms with Gasteiger partial charge < -0.3 is 10.1 Å². The van der Waals surface area contributed by atoms with Crippen LogP contribution in [0.25, 0.3) is 6.08 Å². The maximum Gasteiger partial charge on any atom is 0.293 e. The van der Waals surface area contributed by atoms with Crippen LogP contribution in [0.1, 0.15) is 5.56 Å². The quantitative estimate of drug-likeness (QED) is 0.638. The Kier molecular flexibility index (Phi) is 7.19. The summed E-state index contributed by atoms with van der Waals surface area (Å²) in [6, 6.07) is 13.9. The maximum absolute atomic E-state index is 12.5. The number of amides is 3. The van der Waals surface area contributed by atoms with E-state index in [2.05, 4.69) is 5.32 Å². The number of hydrogen-bond donors (Lipinski definition) is 1. The normalized spacial score (nSPS) is 15.1. The molecule has 0 aliphatic carbocycles. The molecule has 0 atom stereocenters. The van der Waals surface area contributed by atoms with E-state index in [4.69, 9.17) is 27.9 Å². The molecular weight excluding hydrogens is 435 g/mol. The van der Waals surface area contributed by atoms with Crippen molar-refractivity contribution in [2.45, 2.75) is 0 Å². The first kappa shape index (κ1) is 21.2. The number of ether oxygens (including phenoxy) is 1. The Morgan fingerprint density at radius 2 is 1.86 bits per heavy atom. The van der Waals surface area contributed by atoms with Crippen LogP contribution in [0.2, 0.25) is 10.0 Å². The van der Waals surface area contributed by atoms with E-state index in [0.29, 0.717) is 21.4 Å². The molecule has 0 saturated carbocycles. The second-order valence-electron chi connectivity index (χ2n) is 5.96. The zero-order valence-corrected chi connectivity index (χ0v) is 17.4. The molecule has 3 rings (SSSR count). The largest absolute Gasteiger partial charge is 0.484 e. The highest BCUT2D eigenvalue weighted by Crippen LogP contribution is 2.33. The minimum absolute atomic E-state index is 0.0699. The van der Waals surface area contributed by atoms with E-state index in [1.54, 1.807) is 48.5 Å². The lowest BCUT2D eigenvalue weighted by molar-refractivity contribution is -0.125. The molecule has 2 aromatic rings. The Labute approximate surface area is 181 Å². The Morgan fingerprint density at radius 3 is 2.59 bits per heavy atom. The summed E-state index contributed by atoms with van der Waals surface area (Å²) < 4.78 is 5.34. The highest BCUT2D eigenvalue weighted by atomic mass is 35.5. The Morgan fingerprint density at radius 1 is 1.10 bits per heavy atom. The Bertz CT molecular complexity index is 966. The van der Waals surface area contributed by atoms with Gasteiger partial charge in [-0.15, -0.1) is 0 Å². The van der Waals surface area contributed by atoms with Crippen molar-refractivity contribution in [3.8, 4) is 5.75 Å². The molecule has 0 unspecified atom stereocenters. The first-order chi connectivity index (χ1) is 13.9. The van der Waals surface area contributed by atoms with Crippen LogP contribution in [-0.2, 0) is 9.59 Å². The van der Waals surface area contributed by atoms with Crippen LogP contribution >= 0.6 is 35.0 Å². The van der Waals surface area contributed by atoms with Crippen molar-refractivity contribution in [1.29, 1.82) is 0 Å². The Hall–Kier alpha value is -2.48. The smallest absolute Gasteiger partial charge is 0.293 e. The number of rotatable bonds is 7. The molecule has 0 spiro atoms. The van der Waals surface area contributed by atoms with Gasteiger partial charge in [-0.2, -0.15) is 0 Å². The van der Waals surface area contributed by atoms with Crippen molar-refractivity contribution in [2.24, 2.45) is 0 Å². The summed E-state index contributed by atoms with van der Waals surface area (Å²) in [6.07, 6.45) is 1.58. The fourth-order valence-electron chi connectivity index (χ4n) is 2.47. The Balaban J connectivity index is 1.50. The van der Waals surface area contributed by atoms with Crippen LogP contribution in [0.5, 0.6) is 5.75 Å². The lowest BCUT2D eigenvalue weighted by atomic mass is 10.2. The monoisotopic (exact) mass is 450 g/mol. The number of nitrogens with one attached hydrogen (secondary N) is 1. The van der Waals surface area contributed by atoms with Gasteiger partial charge in [-0.1, -0.05) is 47.5 Å². The number of imide groups is 1. The van der Waals surface area contributed by atoms with Gasteiger partial charge in [-0.3, -0.25) is 19.3 Å². The van der Waals surface area contributed by atoms with Gasteiger partial charge in [0, 0.05) is 13.1 Å². The van der Waals surface area contributed by atoms with Gasteiger partial charge in [0.1, 0.15) is 5.75 Å². The second kappa shape index (κ2) is 9.82. The van der Waals surface area contributed by atoms with Crippen LogP contribution in [0, 0.1) is 0 Å². The summed E-state index contributed by atoms with van der Waals surface area (Å²) >= 11 is 12.7. The van der Waals surface area contributed by atoms with E-state index in [0.717, 1.165) is 16.7 Å². The molecule has 3 amide bonds. The first-order valence-electron chi connectivity index (χ1n) is 8.59. The third-order valence-corrected chi connectivity index (χ3v) is 5.53. The third-order valence-electron chi connectivity index (χ3n) is 3.89. The van der Waals surface area contributed by atoms with Gasteiger partial charge in [0.2, 0.25) is 0 Å². The zero-order chi connectivity index (χ0) is 20.8. The van der Waals surface area contributed by atoms with Crippen molar-refractivity contribution in [3.63, 3.8) is 0 Å². The molecule has 1 aliphatic heterocycles. The lowest BCUT2D eigenvalue weighted by Crippen LogP contribution is -2.38. The van der Waals surface area contributed by atoms with E-state index in [1.165, 1.54) is 0 Å². The molecule has 6 nitrogen and oxygen atoms in total. The molecule has 1 fully saturated rings. The molecule has 1 saturated heterocycles. The zero-order valence-electron chi connectivity index (χ0n) is 15.1. The topological polar surface area (TPSA) is 75.7 Å². The van der Waals surface area contributed by atoms with E-state index < -0.39 is 11.1 Å². The predicted octanol–water partition coefficient (Wildman–Crippen LogP) is 4.22. The van der Waals surface area contributed by atoms with Crippen molar-refractivity contribution in [1.82, 2.24) is 10.2 Å². The molecule has 1 N–H and O–H groups in total. The fraction of sp³-hybridized carbons (Fsp3) is 0.150. The predicted molar refractivity (Wildman–Crippen MR) is 114 cm³/mol. The standard InChI is InChI=1S/C20H16Cl2N2O4S/c21-15-7-6-13(10-16(15)22)11-17-19(26)24(20(27)29-17)9-8-23-18(25)12-28-14-4-2-1-3-5-14/h1-7,10-11H,8-9,12H2,(H,23,25). The number of benzene rings is 2. The number of carbonyl (C=O) groups is 3. The van der Waals surface area contributed by atoms with Gasteiger partial charge in [-0.25, -0.2) is 0 Å². The van der Waals surface area contributed by atoms with Gasteiger partial charge in [0.05, 0.1) is 15.0 Å². The van der Waals surface area contributed by atoms with Gasteiger partial charge in [-0.05, 0) is 47.7 Å². The average Bonchev–Trinajstić information content (AvgIpc) is 2.97. The summed E-state index contributed by atoms with van der Waals surface area (Å²) in [5.41, 5.74) is 0.663. The molecule has 2 aromatic carbocycles. The van der Waals surface area contributed by atoms with E-state index in [1.807, 2.05) is 6.07 Å². The van der Waals surface area contributed by atoms with Crippen molar-refractivity contribution < 1.29 is 19.1 Å². The van der Waals surface area contributed by atoms with Crippen molar-refractivity contribution in [3.05, 3.63) is 69.0 Å². The lowest BCUT2D eigenvalue weighted by Gasteiger charge is -2.13. The SMILES string of the molecule is O=C(COc1ccccc1)NCCN1C(=O)SC(=Cc2ccc(Cl)c(Cl)c2)C1=O. The van der Waals surface area contributed by atoms with Gasteiger partial charge in [0.15, 0.2) is 6.61 Å². The first-order valence-corrected chi connectivity index (χ1v) is 10.2. The number of carbonyl (C=O) groups excluding carboxylic acids is 3. The average molecular weight is 451 g/mol. The van der Waals surface area contributed by atoms with E-state index in [-0.39, 0.29) is 30.5 Å². The van der Waals surface area contributed by atoms with E-state index >= 15 is 0 Å². The molecular formula is C20H16Cl2N2O4S. The molecule has 1 aliphatic rings. The van der Waals surface area contributed by atoms with E-state index in [9.17, 15) is 14.4 Å². The minimum Gasteiger partial charge on any atom is -0.484 e. The molecule has 0 radical (unpaired) electrons. The summed E-state index contributed by atoms with van der Waals surface area (Å²) in [4.78, 5) is 37.8. The molecule has 29 heavy (non-hydrogen) atoms. The second-order valence-corrected chi connectivity index (χ2v) is 7.77. The summed E-state index contributed by atoms with van der Waals surface area (Å²) in [5, 5.41) is 3.00. The summed E-state index contributed by atoms with van der Waals surface area (Å²) in [7, 11) is 0. The van der Waals surface area contributed by atoms with Crippen LogP contribution in [0.4, 0.5) is 4.79 Å². The fourth-order valence-corrected chi connectivity index (χ4v) is 3.64. The van der Waals surface area contributed by atoms with Crippen molar-refractivity contribution >= 4 is 58.1 Å². The highest BCUT2D eigenvalue weighted by molar-refractivity contribution is 8.18. The molecule has 1 heterocycles. The van der Waals surface area contributed by atoms with Crippen LogP contribution in [0.3, 0.4) is 0 Å².